The first-order valence-electron chi connectivity index (χ1n) is 5.47. The van der Waals surface area contributed by atoms with Crippen LogP contribution in [-0.4, -0.2) is 27.8 Å². The molecule has 2 heterocycles. The smallest absolute Gasteiger partial charge is 0.191 e. The van der Waals surface area contributed by atoms with E-state index in [1.54, 1.807) is 11.8 Å². The number of nitrogens with zero attached hydrogens (tertiary/aromatic N) is 2. The van der Waals surface area contributed by atoms with Crippen molar-refractivity contribution in [3.05, 3.63) is 23.9 Å². The van der Waals surface area contributed by atoms with Gasteiger partial charge in [0.15, 0.2) is 5.16 Å². The number of allylic oxidation sites excluding steroid dienone is 1. The van der Waals surface area contributed by atoms with Gasteiger partial charge in [-0.2, -0.15) is 0 Å². The van der Waals surface area contributed by atoms with Gasteiger partial charge in [0.05, 0.1) is 5.39 Å². The van der Waals surface area contributed by atoms with Gasteiger partial charge in [0.1, 0.15) is 11.5 Å². The zero-order valence-corrected chi connectivity index (χ0v) is 11.1. The van der Waals surface area contributed by atoms with Crippen LogP contribution in [0.25, 0.3) is 11.0 Å². The molecule has 0 spiro atoms. The molecule has 0 bridgehead atoms. The predicted molar refractivity (Wildman–Crippen MR) is 73.6 cm³/mol. The molecule has 0 radical (unpaired) electrons. The Morgan fingerprint density at radius 1 is 1.47 bits per heavy atom. The van der Waals surface area contributed by atoms with Crippen molar-refractivity contribution in [1.82, 2.24) is 15.0 Å². The number of fused-ring (bicyclic) bond motifs is 1. The van der Waals surface area contributed by atoms with Gasteiger partial charge in [0.25, 0.3) is 0 Å². The maximum atomic E-state index is 4.48. The number of H-pyrrole nitrogens is 1. The number of aromatic nitrogens is 3. The molecule has 0 fully saturated rings. The number of hydrogen-bond acceptors (Lipinski definition) is 4. The molecule has 2 N–H and O–H groups in total. The molecule has 90 valence electrons. The quantitative estimate of drug-likeness (QED) is 0.496. The molecule has 0 atom stereocenters. The monoisotopic (exact) mass is 248 g/mol. The van der Waals surface area contributed by atoms with Crippen molar-refractivity contribution in [2.24, 2.45) is 0 Å². The summed E-state index contributed by atoms with van der Waals surface area (Å²) in [5.74, 6) is 0.887. The Bertz CT molecular complexity index is 540. The van der Waals surface area contributed by atoms with Crippen LogP contribution in [0.1, 0.15) is 13.8 Å². The van der Waals surface area contributed by atoms with E-state index >= 15 is 0 Å². The maximum absolute atomic E-state index is 4.48. The summed E-state index contributed by atoms with van der Waals surface area (Å²) >= 11 is 1.54. The Kier molecular flexibility index (Phi) is 3.68. The van der Waals surface area contributed by atoms with Crippen molar-refractivity contribution in [1.29, 1.82) is 0 Å². The van der Waals surface area contributed by atoms with Gasteiger partial charge in [-0.3, -0.25) is 0 Å². The molecule has 2 aromatic rings. The van der Waals surface area contributed by atoms with E-state index in [2.05, 4.69) is 40.2 Å². The summed E-state index contributed by atoms with van der Waals surface area (Å²) in [5, 5.41) is 5.13. The summed E-state index contributed by atoms with van der Waals surface area (Å²) < 4.78 is 0. The molecule has 0 aromatic carbocycles. The third-order valence-corrected chi connectivity index (χ3v) is 2.91. The highest BCUT2D eigenvalue weighted by molar-refractivity contribution is 7.98. The lowest BCUT2D eigenvalue weighted by Crippen LogP contribution is -2.03. The molecule has 2 aromatic heterocycles. The Morgan fingerprint density at radius 3 is 3.00 bits per heavy atom. The van der Waals surface area contributed by atoms with Crippen molar-refractivity contribution in [3.8, 4) is 0 Å². The molecule has 2 rings (SSSR count). The Balaban J connectivity index is 2.30. The molecule has 0 unspecified atom stereocenters. The summed E-state index contributed by atoms with van der Waals surface area (Å²) in [6.45, 7) is 4.95. The predicted octanol–water partition coefficient (Wildman–Crippen LogP) is 3.06. The van der Waals surface area contributed by atoms with E-state index < -0.39 is 0 Å². The average molecular weight is 248 g/mol. The molecule has 0 amide bonds. The Hall–Kier alpha value is -1.49. The van der Waals surface area contributed by atoms with Gasteiger partial charge < -0.3 is 10.3 Å². The highest BCUT2D eigenvalue weighted by Gasteiger charge is 2.06. The normalized spacial score (nSPS) is 10.5. The van der Waals surface area contributed by atoms with E-state index in [0.717, 1.165) is 28.6 Å². The molecule has 0 saturated carbocycles. The Morgan fingerprint density at radius 2 is 2.29 bits per heavy atom. The second kappa shape index (κ2) is 5.23. The van der Waals surface area contributed by atoms with Crippen molar-refractivity contribution < 1.29 is 0 Å². The number of thioether (sulfide) groups is 1. The summed E-state index contributed by atoms with van der Waals surface area (Å²) in [5.41, 5.74) is 2.17. The highest BCUT2D eigenvalue weighted by atomic mass is 32.2. The second-order valence-corrected chi connectivity index (χ2v) is 4.73. The molecule has 0 aliphatic heterocycles. The number of anilines is 1. The van der Waals surface area contributed by atoms with E-state index in [9.17, 15) is 0 Å². The SMILES string of the molecule is CSc1nc(NCC=C(C)C)c2cc[nH]c2n1. The zero-order chi connectivity index (χ0) is 12.3. The first kappa shape index (κ1) is 12.0. The van der Waals surface area contributed by atoms with Crippen molar-refractivity contribution in [2.75, 3.05) is 18.1 Å². The number of nitrogens with one attached hydrogen (secondary N) is 2. The van der Waals surface area contributed by atoms with Crippen LogP contribution < -0.4 is 5.32 Å². The molecule has 5 heteroatoms. The van der Waals surface area contributed by atoms with Crippen LogP contribution in [0.4, 0.5) is 5.82 Å². The first-order valence-corrected chi connectivity index (χ1v) is 6.69. The summed E-state index contributed by atoms with van der Waals surface area (Å²) in [6.07, 6.45) is 6.00. The van der Waals surface area contributed by atoms with Gasteiger partial charge in [-0.1, -0.05) is 23.4 Å². The van der Waals surface area contributed by atoms with Crippen LogP contribution in [0.2, 0.25) is 0 Å². The Labute approximate surface area is 105 Å². The van der Waals surface area contributed by atoms with E-state index in [1.807, 2.05) is 18.5 Å². The molecule has 4 nitrogen and oxygen atoms in total. The van der Waals surface area contributed by atoms with Crippen LogP contribution in [0.5, 0.6) is 0 Å². The number of aromatic amines is 1. The summed E-state index contributed by atoms with van der Waals surface area (Å²) in [4.78, 5) is 12.0. The minimum Gasteiger partial charge on any atom is -0.366 e. The third-order valence-electron chi connectivity index (χ3n) is 2.36. The lowest BCUT2D eigenvalue weighted by molar-refractivity contribution is 0.993. The molecular formula is C12H16N4S. The summed E-state index contributed by atoms with van der Waals surface area (Å²) in [7, 11) is 0. The molecule has 0 saturated heterocycles. The van der Waals surface area contributed by atoms with E-state index in [-0.39, 0.29) is 0 Å². The van der Waals surface area contributed by atoms with Crippen molar-refractivity contribution in [3.63, 3.8) is 0 Å². The van der Waals surface area contributed by atoms with Gasteiger partial charge in [-0.05, 0) is 26.2 Å². The second-order valence-electron chi connectivity index (χ2n) is 3.96. The minimum absolute atomic E-state index is 0.777. The topological polar surface area (TPSA) is 53.6 Å². The highest BCUT2D eigenvalue weighted by Crippen LogP contribution is 2.22. The van der Waals surface area contributed by atoms with Crippen LogP contribution >= 0.6 is 11.8 Å². The molecule has 0 aliphatic rings. The summed E-state index contributed by atoms with van der Waals surface area (Å²) in [6, 6.07) is 1.99. The third kappa shape index (κ3) is 2.79. The van der Waals surface area contributed by atoms with Gasteiger partial charge >= 0.3 is 0 Å². The lowest BCUT2D eigenvalue weighted by Gasteiger charge is -2.06. The molecular weight excluding hydrogens is 232 g/mol. The van der Waals surface area contributed by atoms with Gasteiger partial charge in [0, 0.05) is 12.7 Å². The fraction of sp³-hybridized carbons (Fsp3) is 0.333. The van der Waals surface area contributed by atoms with Gasteiger partial charge in [-0.15, -0.1) is 0 Å². The molecule has 17 heavy (non-hydrogen) atoms. The van der Waals surface area contributed by atoms with Gasteiger partial charge in [0.2, 0.25) is 0 Å². The lowest BCUT2D eigenvalue weighted by atomic mass is 10.3. The van der Waals surface area contributed by atoms with E-state index in [0.29, 0.717) is 0 Å². The minimum atomic E-state index is 0.777. The zero-order valence-electron chi connectivity index (χ0n) is 10.2. The van der Waals surface area contributed by atoms with E-state index in [1.165, 1.54) is 5.57 Å². The van der Waals surface area contributed by atoms with Crippen LogP contribution in [0, 0.1) is 0 Å². The average Bonchev–Trinajstić information content (AvgIpc) is 2.76. The standard InChI is InChI=1S/C12H16N4S/c1-8(2)4-6-13-10-9-5-7-14-11(9)16-12(15-10)17-3/h4-5,7H,6H2,1-3H3,(H2,13,14,15,16). The fourth-order valence-electron chi connectivity index (χ4n) is 1.50. The van der Waals surface area contributed by atoms with Crippen molar-refractivity contribution in [2.45, 2.75) is 19.0 Å². The van der Waals surface area contributed by atoms with Crippen LogP contribution in [0.15, 0.2) is 29.1 Å². The fourth-order valence-corrected chi connectivity index (χ4v) is 1.86. The maximum Gasteiger partial charge on any atom is 0.191 e. The largest absolute Gasteiger partial charge is 0.366 e. The number of hydrogen-bond donors (Lipinski definition) is 2. The van der Waals surface area contributed by atoms with Crippen LogP contribution in [0.3, 0.4) is 0 Å². The van der Waals surface area contributed by atoms with E-state index in [4.69, 9.17) is 0 Å². The van der Waals surface area contributed by atoms with Gasteiger partial charge in [-0.25, -0.2) is 9.97 Å². The first-order chi connectivity index (χ1) is 8.20. The van der Waals surface area contributed by atoms with Crippen molar-refractivity contribution >= 4 is 28.6 Å². The number of rotatable bonds is 4. The van der Waals surface area contributed by atoms with Crippen LogP contribution in [-0.2, 0) is 0 Å². The molecule has 0 aliphatic carbocycles.